The number of hydrogen-bond acceptors (Lipinski definition) is 3. The minimum atomic E-state index is -0.180. The fourth-order valence-electron chi connectivity index (χ4n) is 2.58. The number of aryl methyl sites for hydroxylation is 1. The van der Waals surface area contributed by atoms with Crippen molar-refractivity contribution in [2.45, 2.75) is 20.8 Å². The summed E-state index contributed by atoms with van der Waals surface area (Å²) in [4.78, 5) is 15.6. The predicted octanol–water partition coefficient (Wildman–Crippen LogP) is 3.83. The number of nitrogens with zero attached hydrogens (tertiary/aromatic N) is 2. The van der Waals surface area contributed by atoms with Crippen molar-refractivity contribution in [3.8, 4) is 0 Å². The molecule has 6 nitrogen and oxygen atoms in total. The number of carbonyl (C=O) groups is 1. The van der Waals surface area contributed by atoms with Gasteiger partial charge >= 0.3 is 0 Å². The highest BCUT2D eigenvalue weighted by Gasteiger charge is 2.10. The number of aromatic nitrogens is 1. The molecule has 0 aliphatic rings. The number of hydrogen-bond donors (Lipinski definition) is 3. The molecule has 0 saturated carbocycles. The molecule has 0 unspecified atom stereocenters. The van der Waals surface area contributed by atoms with Crippen molar-refractivity contribution in [3.63, 3.8) is 0 Å². The molecule has 0 atom stereocenters. The first-order chi connectivity index (χ1) is 12.4. The molecule has 132 valence electrons. The second-order valence-corrected chi connectivity index (χ2v) is 6.23. The van der Waals surface area contributed by atoms with Gasteiger partial charge in [-0.3, -0.25) is 4.79 Å². The summed E-state index contributed by atoms with van der Waals surface area (Å²) in [6, 6.07) is 15.3. The third kappa shape index (κ3) is 3.97. The van der Waals surface area contributed by atoms with Crippen LogP contribution in [0.3, 0.4) is 0 Å². The van der Waals surface area contributed by atoms with Gasteiger partial charge in [-0.05, 0) is 56.7 Å². The number of rotatable bonds is 4. The van der Waals surface area contributed by atoms with Crippen LogP contribution < -0.4 is 11.1 Å². The molecule has 0 fully saturated rings. The Bertz CT molecular complexity index is 1010. The van der Waals surface area contributed by atoms with Crippen LogP contribution in [0.4, 0.5) is 5.69 Å². The molecule has 1 amide bonds. The van der Waals surface area contributed by atoms with Crippen LogP contribution in [0.2, 0.25) is 0 Å². The molecule has 3 rings (SSSR count). The second kappa shape index (κ2) is 7.23. The highest BCUT2D eigenvalue weighted by molar-refractivity contribution is 6.06. The molecule has 2 aromatic carbocycles. The first-order valence-electron chi connectivity index (χ1n) is 8.28. The zero-order valence-electron chi connectivity index (χ0n) is 15.0. The first-order valence-corrected chi connectivity index (χ1v) is 8.28. The van der Waals surface area contributed by atoms with Crippen LogP contribution in [0, 0.1) is 6.92 Å². The van der Waals surface area contributed by atoms with Crippen LogP contribution in [-0.4, -0.2) is 22.4 Å². The summed E-state index contributed by atoms with van der Waals surface area (Å²) in [6.45, 7) is 5.56. The Morgan fingerprint density at radius 1 is 1.04 bits per heavy atom. The van der Waals surface area contributed by atoms with Gasteiger partial charge in [-0.25, -0.2) is 0 Å². The molecule has 0 saturated heterocycles. The van der Waals surface area contributed by atoms with Gasteiger partial charge in [-0.15, -0.1) is 5.10 Å². The van der Waals surface area contributed by atoms with Crippen molar-refractivity contribution in [2.75, 3.05) is 5.32 Å². The quantitative estimate of drug-likeness (QED) is 0.380. The molecule has 3 aromatic rings. The fourth-order valence-corrected chi connectivity index (χ4v) is 2.58. The van der Waals surface area contributed by atoms with Crippen molar-refractivity contribution < 1.29 is 4.79 Å². The van der Waals surface area contributed by atoms with E-state index in [-0.39, 0.29) is 5.91 Å². The number of anilines is 1. The summed E-state index contributed by atoms with van der Waals surface area (Å²) in [7, 11) is 0. The molecular weight excluding hydrogens is 326 g/mol. The summed E-state index contributed by atoms with van der Waals surface area (Å²) in [6.07, 6.45) is 0. The predicted molar refractivity (Wildman–Crippen MR) is 107 cm³/mol. The van der Waals surface area contributed by atoms with Gasteiger partial charge in [0.1, 0.15) is 11.5 Å². The Hall–Kier alpha value is -3.41. The van der Waals surface area contributed by atoms with E-state index in [0.717, 1.165) is 27.7 Å². The van der Waals surface area contributed by atoms with Crippen molar-refractivity contribution in [1.82, 2.24) is 4.98 Å². The van der Waals surface area contributed by atoms with Crippen molar-refractivity contribution in [1.29, 1.82) is 0 Å². The summed E-state index contributed by atoms with van der Waals surface area (Å²) in [5.74, 6) is 0.224. The van der Waals surface area contributed by atoms with Crippen LogP contribution in [0.1, 0.15) is 35.5 Å². The number of nitrogens with one attached hydrogen (secondary N) is 2. The van der Waals surface area contributed by atoms with Crippen LogP contribution in [0.15, 0.2) is 58.7 Å². The van der Waals surface area contributed by atoms with E-state index < -0.39 is 0 Å². The van der Waals surface area contributed by atoms with E-state index in [4.69, 9.17) is 5.73 Å². The van der Waals surface area contributed by atoms with E-state index in [9.17, 15) is 4.79 Å². The number of benzene rings is 2. The van der Waals surface area contributed by atoms with Gasteiger partial charge in [-0.1, -0.05) is 23.8 Å². The van der Waals surface area contributed by atoms with E-state index in [2.05, 4.69) is 20.5 Å². The molecule has 0 aliphatic carbocycles. The number of carbonyl (C=O) groups excluding carboxylic acids is 1. The lowest BCUT2D eigenvalue weighted by molar-refractivity contribution is 0.102. The summed E-state index contributed by atoms with van der Waals surface area (Å²) in [5.41, 5.74) is 10.5. The average Bonchev–Trinajstić information content (AvgIpc) is 3.03. The summed E-state index contributed by atoms with van der Waals surface area (Å²) in [5, 5.41) is 11.8. The third-order valence-electron chi connectivity index (χ3n) is 3.94. The Morgan fingerprint density at radius 3 is 2.46 bits per heavy atom. The molecule has 6 heteroatoms. The van der Waals surface area contributed by atoms with Crippen molar-refractivity contribution in [3.05, 3.63) is 65.4 Å². The molecule has 0 aliphatic heterocycles. The SMILES string of the molecule is CC(N)=N/N=C(\C)c1ccc(NC(=O)c2cc3cc(C)ccc3[nH]2)cc1. The number of fused-ring (bicyclic) bond motifs is 1. The smallest absolute Gasteiger partial charge is 0.272 e. The van der Waals surface area contributed by atoms with Crippen LogP contribution in [0.25, 0.3) is 10.9 Å². The number of H-pyrrole nitrogens is 1. The molecule has 1 aromatic heterocycles. The molecule has 0 radical (unpaired) electrons. The number of aromatic amines is 1. The van der Waals surface area contributed by atoms with E-state index in [1.807, 2.05) is 62.4 Å². The Kier molecular flexibility index (Phi) is 4.84. The van der Waals surface area contributed by atoms with Gasteiger partial charge in [0.05, 0.1) is 5.71 Å². The molecule has 0 bridgehead atoms. The standard InChI is InChI=1S/C20H21N5O/c1-12-4-9-18-16(10-12)11-19(23-18)20(26)22-17-7-5-15(6-8-17)13(2)24-25-14(3)21/h4-11,23H,1-3H3,(H2,21,25)(H,22,26)/b24-13+. The summed E-state index contributed by atoms with van der Waals surface area (Å²) >= 11 is 0. The Morgan fingerprint density at radius 2 is 1.77 bits per heavy atom. The van der Waals surface area contributed by atoms with Gasteiger partial charge in [-0.2, -0.15) is 5.10 Å². The van der Waals surface area contributed by atoms with Gasteiger partial charge in [0, 0.05) is 16.6 Å². The highest BCUT2D eigenvalue weighted by atomic mass is 16.1. The minimum absolute atomic E-state index is 0.180. The minimum Gasteiger partial charge on any atom is -0.386 e. The maximum absolute atomic E-state index is 12.5. The van der Waals surface area contributed by atoms with Crippen LogP contribution in [-0.2, 0) is 0 Å². The lowest BCUT2D eigenvalue weighted by Crippen LogP contribution is -2.12. The molecule has 0 spiro atoms. The van der Waals surface area contributed by atoms with E-state index in [1.54, 1.807) is 6.92 Å². The third-order valence-corrected chi connectivity index (χ3v) is 3.94. The highest BCUT2D eigenvalue weighted by Crippen LogP contribution is 2.18. The monoisotopic (exact) mass is 347 g/mol. The van der Waals surface area contributed by atoms with Gasteiger partial charge in [0.15, 0.2) is 0 Å². The van der Waals surface area contributed by atoms with Gasteiger partial charge in [0.25, 0.3) is 5.91 Å². The molecule has 4 N–H and O–H groups in total. The molecular formula is C20H21N5O. The van der Waals surface area contributed by atoms with Crippen LogP contribution >= 0.6 is 0 Å². The maximum Gasteiger partial charge on any atom is 0.272 e. The van der Waals surface area contributed by atoms with Crippen LogP contribution in [0.5, 0.6) is 0 Å². The topological polar surface area (TPSA) is 95.6 Å². The van der Waals surface area contributed by atoms with Crippen molar-refractivity contribution in [2.24, 2.45) is 15.9 Å². The Balaban J connectivity index is 1.74. The Labute approximate surface area is 151 Å². The number of nitrogens with two attached hydrogens (primary N) is 1. The first kappa shape index (κ1) is 17.4. The molecule has 26 heavy (non-hydrogen) atoms. The van der Waals surface area contributed by atoms with Gasteiger partial charge < -0.3 is 16.0 Å². The zero-order chi connectivity index (χ0) is 18.7. The zero-order valence-corrected chi connectivity index (χ0v) is 15.0. The normalized spacial score (nSPS) is 12.4. The average molecular weight is 347 g/mol. The number of amidine groups is 1. The molecule has 1 heterocycles. The van der Waals surface area contributed by atoms with E-state index in [0.29, 0.717) is 17.2 Å². The van der Waals surface area contributed by atoms with E-state index >= 15 is 0 Å². The van der Waals surface area contributed by atoms with E-state index in [1.165, 1.54) is 0 Å². The largest absolute Gasteiger partial charge is 0.386 e. The fraction of sp³-hybridized carbons (Fsp3) is 0.150. The summed E-state index contributed by atoms with van der Waals surface area (Å²) < 4.78 is 0. The second-order valence-electron chi connectivity index (χ2n) is 6.23. The van der Waals surface area contributed by atoms with Gasteiger partial charge in [0.2, 0.25) is 0 Å². The lowest BCUT2D eigenvalue weighted by atomic mass is 10.1. The lowest BCUT2D eigenvalue weighted by Gasteiger charge is -2.05. The maximum atomic E-state index is 12.5. The van der Waals surface area contributed by atoms with Crippen molar-refractivity contribution >= 4 is 34.0 Å². The number of amides is 1.